The molecule has 0 atom stereocenters. The summed E-state index contributed by atoms with van der Waals surface area (Å²) >= 11 is 6.13. The third-order valence-corrected chi connectivity index (χ3v) is 3.71. The molecule has 1 N–H and O–H groups in total. The van der Waals surface area contributed by atoms with E-state index >= 15 is 0 Å². The normalized spacial score (nSPS) is 15.8. The predicted molar refractivity (Wildman–Crippen MR) is 87.6 cm³/mol. The zero-order valence-electron chi connectivity index (χ0n) is 11.8. The molecule has 0 aliphatic carbocycles. The number of rotatable bonds is 4. The lowest BCUT2D eigenvalue weighted by atomic mass is 10.1. The average Bonchev–Trinajstić information content (AvgIpc) is 2.88. The SMILES string of the molecule is O=C1NC(CCc2ccccc2Cl)=N/C1=C/c1ccncc1. The summed E-state index contributed by atoms with van der Waals surface area (Å²) in [6.07, 6.45) is 6.49. The maximum absolute atomic E-state index is 11.9. The first-order valence-corrected chi connectivity index (χ1v) is 7.34. The van der Waals surface area contributed by atoms with Gasteiger partial charge in [-0.1, -0.05) is 29.8 Å². The molecule has 0 fully saturated rings. The van der Waals surface area contributed by atoms with Crippen molar-refractivity contribution in [2.45, 2.75) is 12.8 Å². The fourth-order valence-corrected chi connectivity index (χ4v) is 2.44. The van der Waals surface area contributed by atoms with E-state index in [4.69, 9.17) is 11.6 Å². The number of nitrogens with one attached hydrogen (secondary N) is 1. The molecule has 0 saturated carbocycles. The van der Waals surface area contributed by atoms with Crippen LogP contribution in [-0.4, -0.2) is 16.7 Å². The minimum Gasteiger partial charge on any atom is -0.309 e. The Bertz CT molecular complexity index is 754. The molecule has 110 valence electrons. The molecule has 0 spiro atoms. The number of halogens is 1. The van der Waals surface area contributed by atoms with Crippen LogP contribution in [0.5, 0.6) is 0 Å². The summed E-state index contributed by atoms with van der Waals surface area (Å²) < 4.78 is 0. The lowest BCUT2D eigenvalue weighted by Crippen LogP contribution is -2.24. The molecular formula is C17H14ClN3O. The van der Waals surface area contributed by atoms with E-state index in [2.05, 4.69) is 15.3 Å². The standard InChI is InChI=1S/C17H14ClN3O/c18-14-4-2-1-3-13(14)5-6-16-20-15(17(22)21-16)11-12-7-9-19-10-8-12/h1-4,7-11H,5-6H2,(H,20,21,22)/b15-11+. The molecule has 2 heterocycles. The number of amidine groups is 1. The van der Waals surface area contributed by atoms with Crippen LogP contribution in [-0.2, 0) is 11.2 Å². The van der Waals surface area contributed by atoms with Gasteiger partial charge < -0.3 is 5.32 Å². The van der Waals surface area contributed by atoms with Gasteiger partial charge in [-0.25, -0.2) is 4.99 Å². The number of nitrogens with zero attached hydrogens (tertiary/aromatic N) is 2. The number of benzene rings is 1. The van der Waals surface area contributed by atoms with E-state index in [1.54, 1.807) is 18.5 Å². The highest BCUT2D eigenvalue weighted by molar-refractivity contribution is 6.31. The van der Waals surface area contributed by atoms with Crippen LogP contribution in [0.25, 0.3) is 6.08 Å². The monoisotopic (exact) mass is 311 g/mol. The smallest absolute Gasteiger partial charge is 0.275 e. The number of aromatic nitrogens is 1. The van der Waals surface area contributed by atoms with E-state index in [1.807, 2.05) is 36.4 Å². The van der Waals surface area contributed by atoms with E-state index in [9.17, 15) is 4.79 Å². The first-order valence-electron chi connectivity index (χ1n) is 6.96. The topological polar surface area (TPSA) is 54.4 Å². The number of hydrogen-bond acceptors (Lipinski definition) is 3. The van der Waals surface area contributed by atoms with Gasteiger partial charge in [-0.3, -0.25) is 9.78 Å². The molecule has 1 aliphatic heterocycles. The predicted octanol–water partition coefficient (Wildman–Crippen LogP) is 3.24. The van der Waals surface area contributed by atoms with Crippen LogP contribution < -0.4 is 5.32 Å². The van der Waals surface area contributed by atoms with Gasteiger partial charge >= 0.3 is 0 Å². The summed E-state index contributed by atoms with van der Waals surface area (Å²) in [6, 6.07) is 11.4. The first-order chi connectivity index (χ1) is 10.7. The second-order valence-electron chi connectivity index (χ2n) is 4.91. The Morgan fingerprint density at radius 2 is 1.86 bits per heavy atom. The number of carbonyl (C=O) groups is 1. The van der Waals surface area contributed by atoms with E-state index in [0.29, 0.717) is 18.0 Å². The average molecular weight is 312 g/mol. The minimum absolute atomic E-state index is 0.175. The van der Waals surface area contributed by atoms with Crippen LogP contribution in [0.3, 0.4) is 0 Å². The second-order valence-corrected chi connectivity index (χ2v) is 5.32. The van der Waals surface area contributed by atoms with Crippen molar-refractivity contribution in [3.63, 3.8) is 0 Å². The molecule has 1 aromatic carbocycles. The van der Waals surface area contributed by atoms with Crippen molar-refractivity contribution in [1.29, 1.82) is 0 Å². The van der Waals surface area contributed by atoms with Crippen molar-refractivity contribution >= 4 is 29.4 Å². The summed E-state index contributed by atoms with van der Waals surface area (Å²) in [5.74, 6) is 0.496. The van der Waals surface area contributed by atoms with Gasteiger partial charge in [0.25, 0.3) is 5.91 Å². The zero-order valence-corrected chi connectivity index (χ0v) is 12.5. The van der Waals surface area contributed by atoms with Crippen molar-refractivity contribution < 1.29 is 4.79 Å². The van der Waals surface area contributed by atoms with Crippen LogP contribution in [0.15, 0.2) is 59.5 Å². The fraction of sp³-hybridized carbons (Fsp3) is 0.118. The summed E-state index contributed by atoms with van der Waals surface area (Å²) in [5, 5.41) is 3.53. The van der Waals surface area contributed by atoms with Gasteiger partial charge in [0.15, 0.2) is 0 Å². The Morgan fingerprint density at radius 1 is 1.09 bits per heavy atom. The molecule has 1 aromatic heterocycles. The minimum atomic E-state index is -0.175. The molecule has 0 bridgehead atoms. The maximum Gasteiger partial charge on any atom is 0.275 e. The third kappa shape index (κ3) is 3.40. The summed E-state index contributed by atoms with van der Waals surface area (Å²) in [7, 11) is 0. The number of amides is 1. The summed E-state index contributed by atoms with van der Waals surface area (Å²) in [5.41, 5.74) is 2.37. The Kier molecular flexibility index (Phi) is 4.30. The molecule has 5 heteroatoms. The maximum atomic E-state index is 11.9. The zero-order chi connectivity index (χ0) is 15.4. The van der Waals surface area contributed by atoms with Crippen LogP contribution in [0.2, 0.25) is 5.02 Å². The van der Waals surface area contributed by atoms with Crippen LogP contribution >= 0.6 is 11.6 Å². The van der Waals surface area contributed by atoms with Crippen molar-refractivity contribution in [3.8, 4) is 0 Å². The van der Waals surface area contributed by atoms with Gasteiger partial charge in [0.2, 0.25) is 0 Å². The Morgan fingerprint density at radius 3 is 2.64 bits per heavy atom. The van der Waals surface area contributed by atoms with Crippen LogP contribution in [0.1, 0.15) is 17.5 Å². The molecule has 0 radical (unpaired) electrons. The Hall–Kier alpha value is -2.46. The highest BCUT2D eigenvalue weighted by Crippen LogP contribution is 2.18. The molecule has 0 unspecified atom stereocenters. The largest absolute Gasteiger partial charge is 0.309 e. The molecule has 1 aliphatic rings. The highest BCUT2D eigenvalue weighted by Gasteiger charge is 2.19. The second kappa shape index (κ2) is 6.54. The molecule has 4 nitrogen and oxygen atoms in total. The number of aliphatic imine (C=N–C) groups is 1. The summed E-state index contributed by atoms with van der Waals surface area (Å²) in [4.78, 5) is 20.2. The molecule has 1 amide bonds. The van der Waals surface area contributed by atoms with Gasteiger partial charge in [0.05, 0.1) is 0 Å². The number of carbonyl (C=O) groups excluding carboxylic acids is 1. The Balaban J connectivity index is 1.71. The number of pyridine rings is 1. The van der Waals surface area contributed by atoms with E-state index < -0.39 is 0 Å². The van der Waals surface area contributed by atoms with E-state index in [1.165, 1.54) is 0 Å². The van der Waals surface area contributed by atoms with Gasteiger partial charge in [-0.05, 0) is 41.8 Å². The van der Waals surface area contributed by atoms with Crippen molar-refractivity contribution in [2.24, 2.45) is 4.99 Å². The van der Waals surface area contributed by atoms with E-state index in [0.717, 1.165) is 22.6 Å². The van der Waals surface area contributed by atoms with Crippen LogP contribution in [0, 0.1) is 0 Å². The van der Waals surface area contributed by atoms with Gasteiger partial charge in [-0.15, -0.1) is 0 Å². The van der Waals surface area contributed by atoms with Crippen molar-refractivity contribution in [2.75, 3.05) is 0 Å². The van der Waals surface area contributed by atoms with Gasteiger partial charge in [0, 0.05) is 23.8 Å². The number of aryl methyl sites for hydroxylation is 1. The molecule has 22 heavy (non-hydrogen) atoms. The quantitative estimate of drug-likeness (QED) is 0.881. The lowest BCUT2D eigenvalue weighted by Gasteiger charge is -2.03. The highest BCUT2D eigenvalue weighted by atomic mass is 35.5. The molecular weight excluding hydrogens is 298 g/mol. The van der Waals surface area contributed by atoms with Crippen molar-refractivity contribution in [1.82, 2.24) is 10.3 Å². The first kappa shape index (κ1) is 14.5. The Labute approximate surface area is 133 Å². The van der Waals surface area contributed by atoms with Crippen LogP contribution in [0.4, 0.5) is 0 Å². The van der Waals surface area contributed by atoms with Gasteiger partial charge in [0.1, 0.15) is 11.5 Å². The summed E-state index contributed by atoms with van der Waals surface area (Å²) in [6.45, 7) is 0. The fourth-order valence-electron chi connectivity index (χ4n) is 2.21. The molecule has 0 saturated heterocycles. The van der Waals surface area contributed by atoms with Crippen molar-refractivity contribution in [3.05, 3.63) is 70.6 Å². The molecule has 3 rings (SSSR count). The van der Waals surface area contributed by atoms with Gasteiger partial charge in [-0.2, -0.15) is 0 Å². The lowest BCUT2D eigenvalue weighted by molar-refractivity contribution is -0.115. The number of hydrogen-bond donors (Lipinski definition) is 1. The third-order valence-electron chi connectivity index (χ3n) is 3.34. The van der Waals surface area contributed by atoms with E-state index in [-0.39, 0.29) is 5.91 Å². The molecule has 2 aromatic rings.